The maximum absolute atomic E-state index is 13.5. The molecule has 0 radical (unpaired) electrons. The van der Waals surface area contributed by atoms with Gasteiger partial charge in [-0.3, -0.25) is 0 Å². The van der Waals surface area contributed by atoms with Gasteiger partial charge in [0.2, 0.25) is 26.6 Å². The molecule has 1 aromatic heterocycles. The van der Waals surface area contributed by atoms with Crippen LogP contribution in [0.1, 0.15) is 19.8 Å². The Hall–Kier alpha value is -3.12. The number of rotatable bonds is 4. The standard InChI is InChI=1S/C25H24N2O3S/c1-18-14-16-27(17-15-18)25-24(31(28,29)20-10-3-2-4-11-20)26-23(30-25)22-13-7-9-19-8-5-6-12-21(19)22/h2-13,18H,14-17H2,1H3. The predicted molar refractivity (Wildman–Crippen MR) is 122 cm³/mol. The van der Waals surface area contributed by atoms with Crippen LogP contribution in [0.4, 0.5) is 5.88 Å². The van der Waals surface area contributed by atoms with Gasteiger partial charge in [-0.1, -0.05) is 61.5 Å². The summed E-state index contributed by atoms with van der Waals surface area (Å²) in [5.41, 5.74) is 0.791. The molecule has 1 saturated heterocycles. The van der Waals surface area contributed by atoms with Gasteiger partial charge in [0.15, 0.2) is 0 Å². The van der Waals surface area contributed by atoms with Crippen LogP contribution in [0, 0.1) is 5.92 Å². The second kappa shape index (κ2) is 7.85. The van der Waals surface area contributed by atoms with Gasteiger partial charge in [-0.25, -0.2) is 8.42 Å². The molecular weight excluding hydrogens is 408 g/mol. The van der Waals surface area contributed by atoms with Crippen LogP contribution in [0.5, 0.6) is 0 Å². The molecule has 5 nitrogen and oxygen atoms in total. The molecule has 0 bridgehead atoms. The van der Waals surface area contributed by atoms with Crippen molar-refractivity contribution in [1.82, 2.24) is 4.98 Å². The van der Waals surface area contributed by atoms with E-state index in [1.165, 1.54) is 0 Å². The number of nitrogens with zero attached hydrogens (tertiary/aromatic N) is 2. The van der Waals surface area contributed by atoms with Crippen molar-refractivity contribution in [2.24, 2.45) is 5.92 Å². The molecule has 0 aliphatic carbocycles. The third-order valence-corrected chi connectivity index (χ3v) is 7.65. The van der Waals surface area contributed by atoms with Crippen LogP contribution in [0.25, 0.3) is 22.2 Å². The molecule has 0 spiro atoms. The second-order valence-electron chi connectivity index (χ2n) is 8.14. The zero-order valence-corrected chi connectivity index (χ0v) is 18.2. The van der Waals surface area contributed by atoms with Crippen molar-refractivity contribution in [2.75, 3.05) is 18.0 Å². The molecule has 1 aliphatic rings. The van der Waals surface area contributed by atoms with Crippen molar-refractivity contribution in [1.29, 1.82) is 0 Å². The highest BCUT2D eigenvalue weighted by Crippen LogP contribution is 2.38. The van der Waals surface area contributed by atoms with E-state index in [4.69, 9.17) is 4.42 Å². The molecule has 2 heterocycles. The van der Waals surface area contributed by atoms with Crippen molar-refractivity contribution >= 4 is 26.5 Å². The third-order valence-electron chi connectivity index (χ3n) is 5.98. The summed E-state index contributed by atoms with van der Waals surface area (Å²) in [5.74, 6) is 1.30. The van der Waals surface area contributed by atoms with E-state index in [9.17, 15) is 8.42 Å². The summed E-state index contributed by atoms with van der Waals surface area (Å²) in [6, 6.07) is 22.3. The highest BCUT2D eigenvalue weighted by atomic mass is 32.2. The molecule has 1 aliphatic heterocycles. The molecule has 3 aromatic carbocycles. The lowest BCUT2D eigenvalue weighted by atomic mass is 9.99. The zero-order chi connectivity index (χ0) is 21.4. The molecule has 0 unspecified atom stereocenters. The average molecular weight is 433 g/mol. The summed E-state index contributed by atoms with van der Waals surface area (Å²) in [7, 11) is -3.82. The van der Waals surface area contributed by atoms with E-state index >= 15 is 0 Å². The Morgan fingerprint density at radius 1 is 0.903 bits per heavy atom. The van der Waals surface area contributed by atoms with E-state index in [0.29, 0.717) is 17.7 Å². The van der Waals surface area contributed by atoms with Gasteiger partial charge in [0, 0.05) is 18.7 Å². The van der Waals surface area contributed by atoms with Crippen LogP contribution >= 0.6 is 0 Å². The summed E-state index contributed by atoms with van der Waals surface area (Å²) in [5, 5.41) is 2.03. The third kappa shape index (κ3) is 3.61. The number of aromatic nitrogens is 1. The fourth-order valence-electron chi connectivity index (χ4n) is 4.12. The number of fused-ring (bicyclic) bond motifs is 1. The number of hydrogen-bond donors (Lipinski definition) is 0. The average Bonchev–Trinajstić information content (AvgIpc) is 3.26. The van der Waals surface area contributed by atoms with Crippen molar-refractivity contribution < 1.29 is 12.8 Å². The highest BCUT2D eigenvalue weighted by molar-refractivity contribution is 7.91. The molecule has 31 heavy (non-hydrogen) atoms. The van der Waals surface area contributed by atoms with Gasteiger partial charge in [0.1, 0.15) is 0 Å². The zero-order valence-electron chi connectivity index (χ0n) is 17.4. The smallest absolute Gasteiger partial charge is 0.236 e. The van der Waals surface area contributed by atoms with Crippen LogP contribution in [0.15, 0.2) is 87.1 Å². The van der Waals surface area contributed by atoms with Gasteiger partial charge in [-0.15, -0.1) is 0 Å². The van der Waals surface area contributed by atoms with Crippen LogP contribution < -0.4 is 4.90 Å². The van der Waals surface area contributed by atoms with Gasteiger partial charge in [0.25, 0.3) is 0 Å². The highest BCUT2D eigenvalue weighted by Gasteiger charge is 2.32. The lowest BCUT2D eigenvalue weighted by Crippen LogP contribution is -2.33. The minimum Gasteiger partial charge on any atom is -0.419 e. The van der Waals surface area contributed by atoms with Crippen LogP contribution in [-0.4, -0.2) is 26.5 Å². The van der Waals surface area contributed by atoms with Crippen molar-refractivity contribution in [3.05, 3.63) is 72.8 Å². The van der Waals surface area contributed by atoms with E-state index in [1.807, 2.05) is 47.4 Å². The molecule has 0 atom stereocenters. The minimum absolute atomic E-state index is 0.00353. The normalized spacial score (nSPS) is 15.5. The quantitative estimate of drug-likeness (QED) is 0.422. The van der Waals surface area contributed by atoms with Crippen molar-refractivity contribution in [2.45, 2.75) is 29.7 Å². The molecular formula is C25H24N2O3S. The fourth-order valence-corrected chi connectivity index (χ4v) is 5.47. The Bertz CT molecular complexity index is 1320. The second-order valence-corrected chi connectivity index (χ2v) is 10.0. The summed E-state index contributed by atoms with van der Waals surface area (Å²) < 4.78 is 33.3. The Morgan fingerprint density at radius 2 is 1.58 bits per heavy atom. The van der Waals surface area contributed by atoms with Gasteiger partial charge in [-0.2, -0.15) is 4.98 Å². The first-order valence-electron chi connectivity index (χ1n) is 10.6. The van der Waals surface area contributed by atoms with Gasteiger partial charge in [-0.05, 0) is 47.7 Å². The van der Waals surface area contributed by atoms with E-state index in [2.05, 4.69) is 11.9 Å². The maximum Gasteiger partial charge on any atom is 0.236 e. The molecule has 0 N–H and O–H groups in total. The van der Waals surface area contributed by atoms with E-state index in [-0.39, 0.29) is 9.92 Å². The summed E-state index contributed by atoms with van der Waals surface area (Å²) >= 11 is 0. The van der Waals surface area contributed by atoms with Crippen LogP contribution in [0.2, 0.25) is 0 Å². The molecule has 0 saturated carbocycles. The molecule has 158 valence electrons. The molecule has 4 aromatic rings. The first-order chi connectivity index (χ1) is 15.0. The van der Waals surface area contributed by atoms with Gasteiger partial charge in [0.05, 0.1) is 4.90 Å². The molecule has 5 rings (SSSR count). The first-order valence-corrected chi connectivity index (χ1v) is 12.1. The Labute approximate surface area is 182 Å². The number of hydrogen-bond acceptors (Lipinski definition) is 5. The minimum atomic E-state index is -3.82. The van der Waals surface area contributed by atoms with Crippen LogP contribution in [-0.2, 0) is 9.84 Å². The molecule has 1 fully saturated rings. The summed E-state index contributed by atoms with van der Waals surface area (Å²) in [6.45, 7) is 3.73. The maximum atomic E-state index is 13.5. The Balaban J connectivity index is 1.69. The van der Waals surface area contributed by atoms with E-state index in [0.717, 1.165) is 42.3 Å². The largest absolute Gasteiger partial charge is 0.419 e. The SMILES string of the molecule is CC1CCN(c2oc(-c3cccc4ccccc34)nc2S(=O)(=O)c2ccccc2)CC1. The van der Waals surface area contributed by atoms with Crippen molar-refractivity contribution in [3.63, 3.8) is 0 Å². The number of piperidine rings is 1. The number of benzene rings is 3. The Morgan fingerprint density at radius 3 is 2.35 bits per heavy atom. The summed E-state index contributed by atoms with van der Waals surface area (Å²) in [6.07, 6.45) is 1.99. The number of sulfone groups is 1. The van der Waals surface area contributed by atoms with Gasteiger partial charge >= 0.3 is 0 Å². The lowest BCUT2D eigenvalue weighted by Gasteiger charge is -2.30. The number of oxazole rings is 1. The fraction of sp³-hybridized carbons (Fsp3) is 0.240. The molecule has 6 heteroatoms. The van der Waals surface area contributed by atoms with Gasteiger partial charge < -0.3 is 9.32 Å². The molecule has 0 amide bonds. The van der Waals surface area contributed by atoms with Crippen molar-refractivity contribution in [3.8, 4) is 11.5 Å². The predicted octanol–water partition coefficient (Wildman–Crippen LogP) is 5.56. The summed E-state index contributed by atoms with van der Waals surface area (Å²) in [4.78, 5) is 6.82. The lowest BCUT2D eigenvalue weighted by molar-refractivity contribution is 0.416. The number of anilines is 1. The Kier molecular flexibility index (Phi) is 5.02. The van der Waals surface area contributed by atoms with E-state index < -0.39 is 9.84 Å². The van der Waals surface area contributed by atoms with Crippen LogP contribution in [0.3, 0.4) is 0 Å². The monoisotopic (exact) mass is 432 g/mol. The first kappa shape index (κ1) is 19.8. The van der Waals surface area contributed by atoms with E-state index in [1.54, 1.807) is 30.3 Å². The topological polar surface area (TPSA) is 63.4 Å².